The molecule has 2 rings (SSSR count). The lowest BCUT2D eigenvalue weighted by Crippen LogP contribution is -2.61. The maximum absolute atomic E-state index is 13.0. The third-order valence-electron chi connectivity index (χ3n) is 12.2. The summed E-state index contributed by atoms with van der Waals surface area (Å²) in [5, 5.41) is 72.1. The van der Waals surface area contributed by atoms with E-state index in [9.17, 15) is 45.3 Å². The second-order valence-electron chi connectivity index (χ2n) is 18.3. The average Bonchev–Trinajstić information content (AvgIpc) is 3.35. The highest BCUT2D eigenvalue weighted by Gasteiger charge is 2.47. The van der Waals surface area contributed by atoms with E-state index in [1.807, 2.05) is 12.2 Å². The van der Waals surface area contributed by atoms with Crippen LogP contribution in [0.3, 0.4) is 0 Å². The Kier molecular flexibility index (Phi) is 37.3. The number of aliphatic hydroxyl groups excluding tert-OH is 7. The van der Waals surface area contributed by atoms with Gasteiger partial charge in [0.2, 0.25) is 0 Å². The van der Waals surface area contributed by atoms with Crippen molar-refractivity contribution in [2.24, 2.45) is 0 Å². The second kappa shape index (κ2) is 41.4. The van der Waals surface area contributed by atoms with Crippen molar-refractivity contribution in [1.82, 2.24) is 0 Å². The topological polar surface area (TPSA) is 231 Å². The SMILES string of the molecule is CC/C=C/C/C=C/C/C=C/C/C=C/C/C=C/C/C=C/CCC(=O)O[C@H](COC(=O)CCCCCCCCCCCCCCCCC)CO[C@H]1O[C@@H](CO[C@H]2O[C@@H](CO)[C@@H](O)C(O)C2O)[C@@H](O)C(O)C1O. The van der Waals surface area contributed by atoms with Crippen LogP contribution in [-0.4, -0.2) is 142 Å². The molecule has 2 aliphatic heterocycles. The van der Waals surface area contributed by atoms with Crippen LogP contribution >= 0.6 is 0 Å². The van der Waals surface area contributed by atoms with Gasteiger partial charge < -0.3 is 64.2 Å². The monoisotopic (exact) mass is 993 g/mol. The van der Waals surface area contributed by atoms with Crippen molar-refractivity contribution < 1.29 is 73.8 Å². The van der Waals surface area contributed by atoms with Crippen LogP contribution in [0.25, 0.3) is 0 Å². The number of carbonyl (C=O) groups excluding carboxylic acids is 2. The highest BCUT2D eigenvalue weighted by molar-refractivity contribution is 5.70. The van der Waals surface area contributed by atoms with Crippen LogP contribution < -0.4 is 0 Å². The molecule has 4 unspecified atom stereocenters. The molecule has 0 saturated carbocycles. The molecule has 15 heteroatoms. The van der Waals surface area contributed by atoms with Crippen LogP contribution in [-0.2, 0) is 38.0 Å². The van der Waals surface area contributed by atoms with E-state index in [0.717, 1.165) is 51.4 Å². The van der Waals surface area contributed by atoms with Crippen LogP contribution in [0, 0.1) is 0 Å². The van der Waals surface area contributed by atoms with Crippen molar-refractivity contribution in [2.75, 3.05) is 26.4 Å². The first kappa shape index (κ1) is 63.1. The van der Waals surface area contributed by atoms with E-state index in [4.69, 9.17) is 28.4 Å². The van der Waals surface area contributed by atoms with Gasteiger partial charge in [-0.3, -0.25) is 9.59 Å². The number of aliphatic hydroxyl groups is 7. The smallest absolute Gasteiger partial charge is 0.306 e. The van der Waals surface area contributed by atoms with Gasteiger partial charge in [-0.05, 0) is 51.4 Å². The maximum Gasteiger partial charge on any atom is 0.306 e. The molecular weight excluding hydrogens is 901 g/mol. The largest absolute Gasteiger partial charge is 0.462 e. The molecule has 0 bridgehead atoms. The Hall–Kier alpha value is -3.06. The number of esters is 2. The van der Waals surface area contributed by atoms with E-state index in [2.05, 4.69) is 74.6 Å². The van der Waals surface area contributed by atoms with Gasteiger partial charge in [-0.25, -0.2) is 0 Å². The minimum Gasteiger partial charge on any atom is -0.462 e. The predicted octanol–water partition coefficient (Wildman–Crippen LogP) is 7.82. The van der Waals surface area contributed by atoms with Crippen molar-refractivity contribution in [2.45, 2.75) is 235 Å². The van der Waals surface area contributed by atoms with E-state index in [0.29, 0.717) is 19.3 Å². The number of allylic oxidation sites excluding steroid dienone is 12. The summed E-state index contributed by atoms with van der Waals surface area (Å²) in [5.74, 6) is -1.02. The molecule has 0 radical (unpaired) electrons. The van der Waals surface area contributed by atoms with Crippen LogP contribution in [0.2, 0.25) is 0 Å². The molecule has 2 saturated heterocycles. The lowest BCUT2D eigenvalue weighted by Gasteiger charge is -2.42. The van der Waals surface area contributed by atoms with Crippen LogP contribution in [0.4, 0.5) is 0 Å². The zero-order valence-electron chi connectivity index (χ0n) is 42.5. The Morgan fingerprint density at radius 1 is 0.471 bits per heavy atom. The maximum atomic E-state index is 13.0. The second-order valence-corrected chi connectivity index (χ2v) is 18.3. The normalized spacial score (nSPS) is 26.0. The molecule has 11 atom stereocenters. The molecule has 0 aliphatic carbocycles. The Labute approximate surface area is 419 Å². The number of hydrogen-bond acceptors (Lipinski definition) is 15. The Balaban J connectivity index is 1.84. The van der Waals surface area contributed by atoms with Gasteiger partial charge in [-0.15, -0.1) is 0 Å². The molecule has 15 nitrogen and oxygen atoms in total. The summed E-state index contributed by atoms with van der Waals surface area (Å²) in [6.07, 6.45) is 32.3. The summed E-state index contributed by atoms with van der Waals surface area (Å²) in [6.45, 7) is 2.40. The van der Waals surface area contributed by atoms with E-state index in [-0.39, 0.29) is 19.4 Å². The molecule has 0 aromatic heterocycles. The molecule has 2 aliphatic rings. The molecule has 402 valence electrons. The van der Waals surface area contributed by atoms with Crippen molar-refractivity contribution in [3.8, 4) is 0 Å². The van der Waals surface area contributed by atoms with E-state index in [1.54, 1.807) is 0 Å². The number of rotatable bonds is 40. The fourth-order valence-electron chi connectivity index (χ4n) is 7.89. The fraction of sp³-hybridized carbons (Fsp3) is 0.745. The van der Waals surface area contributed by atoms with E-state index >= 15 is 0 Å². The molecule has 70 heavy (non-hydrogen) atoms. The molecule has 7 N–H and O–H groups in total. The van der Waals surface area contributed by atoms with Crippen molar-refractivity contribution >= 4 is 11.9 Å². The number of hydrogen-bond donors (Lipinski definition) is 7. The zero-order chi connectivity index (χ0) is 51.0. The average molecular weight is 993 g/mol. The van der Waals surface area contributed by atoms with Crippen LogP contribution in [0.15, 0.2) is 72.9 Å². The number of carbonyl (C=O) groups is 2. The molecule has 0 spiro atoms. The first-order valence-electron chi connectivity index (χ1n) is 26.5. The Morgan fingerprint density at radius 3 is 1.39 bits per heavy atom. The molecular formula is C55H92O15. The summed E-state index contributed by atoms with van der Waals surface area (Å²) in [6, 6.07) is 0. The van der Waals surface area contributed by atoms with Gasteiger partial charge in [0, 0.05) is 12.8 Å². The first-order chi connectivity index (χ1) is 34.0. The fourth-order valence-corrected chi connectivity index (χ4v) is 7.89. The standard InChI is InChI=1S/C55H92O15/c1-3-5-7-9-11-13-15-17-19-20-21-22-24-26-28-30-32-34-36-38-47(58)68-43(40-65-46(57)37-35-33-31-29-27-25-23-18-16-14-12-10-8-6-4-2)41-66-54-53(64)51(62)49(60)45(70-54)42-67-55-52(63)50(61)48(59)44(39-56)69-55/h5,7,11,13,17,19,21-22,26,28,32,34,43-45,48-56,59-64H,3-4,6,8-10,12,14-16,18,20,23-25,27,29-31,33,35-42H2,1-2H3/b7-5+,13-11+,19-17+,22-21+,28-26+,34-32+/t43-,44+,45+,48-,49-,50?,51?,52?,53?,54+,55+/m1/s1. The highest BCUT2D eigenvalue weighted by Crippen LogP contribution is 2.26. The van der Waals surface area contributed by atoms with Gasteiger partial charge in [0.25, 0.3) is 0 Å². The first-order valence-corrected chi connectivity index (χ1v) is 26.5. The predicted molar refractivity (Wildman–Crippen MR) is 270 cm³/mol. The van der Waals surface area contributed by atoms with Crippen molar-refractivity contribution in [3.05, 3.63) is 72.9 Å². The van der Waals surface area contributed by atoms with Gasteiger partial charge in [0.15, 0.2) is 18.7 Å². The summed E-state index contributed by atoms with van der Waals surface area (Å²) < 4.78 is 33.5. The molecule has 0 aromatic carbocycles. The molecule has 0 amide bonds. The van der Waals surface area contributed by atoms with Gasteiger partial charge in [0.05, 0.1) is 19.8 Å². The number of ether oxygens (including phenoxy) is 6. The van der Waals surface area contributed by atoms with Gasteiger partial charge in [0.1, 0.15) is 55.4 Å². The van der Waals surface area contributed by atoms with Crippen LogP contribution in [0.1, 0.15) is 168 Å². The summed E-state index contributed by atoms with van der Waals surface area (Å²) >= 11 is 0. The molecule has 2 fully saturated rings. The Morgan fingerprint density at radius 2 is 0.900 bits per heavy atom. The summed E-state index contributed by atoms with van der Waals surface area (Å²) in [4.78, 5) is 25.8. The summed E-state index contributed by atoms with van der Waals surface area (Å²) in [5.41, 5.74) is 0. The van der Waals surface area contributed by atoms with Gasteiger partial charge >= 0.3 is 11.9 Å². The Bertz CT molecular complexity index is 1490. The van der Waals surface area contributed by atoms with Crippen LogP contribution in [0.5, 0.6) is 0 Å². The van der Waals surface area contributed by atoms with E-state index in [1.165, 1.54) is 70.6 Å². The van der Waals surface area contributed by atoms with Gasteiger partial charge in [-0.2, -0.15) is 0 Å². The molecule has 0 aromatic rings. The summed E-state index contributed by atoms with van der Waals surface area (Å²) in [7, 11) is 0. The zero-order valence-corrected chi connectivity index (χ0v) is 42.5. The molecule has 2 heterocycles. The number of unbranched alkanes of at least 4 members (excludes halogenated alkanes) is 14. The van der Waals surface area contributed by atoms with Crippen molar-refractivity contribution in [1.29, 1.82) is 0 Å². The van der Waals surface area contributed by atoms with Crippen molar-refractivity contribution in [3.63, 3.8) is 0 Å². The minimum absolute atomic E-state index is 0.0383. The van der Waals surface area contributed by atoms with E-state index < -0.39 is 99.3 Å². The third-order valence-corrected chi connectivity index (χ3v) is 12.2. The quantitative estimate of drug-likeness (QED) is 0.0176. The lowest BCUT2D eigenvalue weighted by molar-refractivity contribution is -0.332. The van der Waals surface area contributed by atoms with Gasteiger partial charge in [-0.1, -0.05) is 177 Å². The third kappa shape index (κ3) is 28.8. The minimum atomic E-state index is -1.78. The lowest BCUT2D eigenvalue weighted by atomic mass is 9.98. The highest BCUT2D eigenvalue weighted by atomic mass is 16.7.